The number of oxazole rings is 1. The van der Waals surface area contributed by atoms with Crippen molar-refractivity contribution in [3.63, 3.8) is 0 Å². The summed E-state index contributed by atoms with van der Waals surface area (Å²) in [5.74, 6) is 1.00. The second-order valence-electron chi connectivity index (χ2n) is 6.23. The van der Waals surface area contributed by atoms with Crippen molar-refractivity contribution in [3.05, 3.63) is 59.7 Å². The third-order valence-electron chi connectivity index (χ3n) is 4.38. The van der Waals surface area contributed by atoms with Gasteiger partial charge >= 0.3 is 6.18 Å². The van der Waals surface area contributed by atoms with Gasteiger partial charge < -0.3 is 4.42 Å². The van der Waals surface area contributed by atoms with E-state index in [9.17, 15) is 13.2 Å². The maximum absolute atomic E-state index is 12.7. The highest BCUT2D eigenvalue weighted by Crippen LogP contribution is 2.31. The smallest absolute Gasteiger partial charge is 0.416 e. The van der Waals surface area contributed by atoms with Crippen molar-refractivity contribution in [3.8, 4) is 11.5 Å². The van der Waals surface area contributed by atoms with E-state index >= 15 is 0 Å². The molecule has 0 atom stereocenters. The minimum absolute atomic E-state index is 0.333. The summed E-state index contributed by atoms with van der Waals surface area (Å²) in [5, 5.41) is 4.19. The van der Waals surface area contributed by atoms with Crippen molar-refractivity contribution >= 4 is 0 Å². The lowest BCUT2D eigenvalue weighted by Gasteiger charge is -2.19. The van der Waals surface area contributed by atoms with E-state index in [0.29, 0.717) is 23.8 Å². The van der Waals surface area contributed by atoms with Gasteiger partial charge in [-0.25, -0.2) is 4.98 Å². The molecule has 0 aliphatic rings. The predicted octanol–water partition coefficient (Wildman–Crippen LogP) is 4.39. The Labute approximate surface area is 155 Å². The van der Waals surface area contributed by atoms with Crippen LogP contribution >= 0.6 is 0 Å². The van der Waals surface area contributed by atoms with Gasteiger partial charge in [0.05, 0.1) is 17.8 Å². The molecule has 0 N–H and O–H groups in total. The molecule has 3 aromatic rings. The van der Waals surface area contributed by atoms with Crippen LogP contribution in [0.15, 0.2) is 47.1 Å². The molecule has 3 rings (SSSR count). The fourth-order valence-corrected chi connectivity index (χ4v) is 2.74. The van der Waals surface area contributed by atoms with Crippen LogP contribution in [0.25, 0.3) is 11.5 Å². The van der Waals surface area contributed by atoms with E-state index in [4.69, 9.17) is 4.42 Å². The lowest BCUT2D eigenvalue weighted by molar-refractivity contribution is -0.137. The van der Waals surface area contributed by atoms with Gasteiger partial charge in [-0.3, -0.25) is 9.58 Å². The Hall–Kier alpha value is -2.61. The lowest BCUT2D eigenvalue weighted by atomic mass is 10.1. The van der Waals surface area contributed by atoms with Crippen LogP contribution in [-0.2, 0) is 19.3 Å². The average molecular weight is 378 g/mol. The van der Waals surface area contributed by atoms with E-state index in [1.807, 2.05) is 23.9 Å². The summed E-state index contributed by atoms with van der Waals surface area (Å²) in [4.78, 5) is 6.70. The van der Waals surface area contributed by atoms with E-state index in [1.165, 1.54) is 12.1 Å². The number of nitrogens with zero attached hydrogens (tertiary/aromatic N) is 4. The van der Waals surface area contributed by atoms with E-state index in [-0.39, 0.29) is 0 Å². The number of aromatic nitrogens is 3. The summed E-state index contributed by atoms with van der Waals surface area (Å²) in [5.41, 5.74) is 0.620. The Kier molecular flexibility index (Phi) is 5.65. The van der Waals surface area contributed by atoms with Gasteiger partial charge in [-0.2, -0.15) is 18.3 Å². The fourth-order valence-electron chi connectivity index (χ4n) is 2.74. The van der Waals surface area contributed by atoms with Gasteiger partial charge in [0.2, 0.25) is 5.89 Å². The highest BCUT2D eigenvalue weighted by Gasteiger charge is 2.30. The van der Waals surface area contributed by atoms with Crippen LogP contribution in [0.1, 0.15) is 23.9 Å². The molecule has 0 radical (unpaired) electrons. The molecule has 8 heteroatoms. The van der Waals surface area contributed by atoms with Crippen LogP contribution in [-0.4, -0.2) is 32.8 Å². The van der Waals surface area contributed by atoms with Crippen LogP contribution in [0.2, 0.25) is 0 Å². The van der Waals surface area contributed by atoms with Gasteiger partial charge in [-0.05, 0) is 43.8 Å². The number of benzene rings is 1. The quantitative estimate of drug-likeness (QED) is 0.612. The van der Waals surface area contributed by atoms with Crippen molar-refractivity contribution in [2.24, 2.45) is 0 Å². The molecule has 0 unspecified atom stereocenters. The maximum Gasteiger partial charge on any atom is 0.416 e. The third kappa shape index (κ3) is 4.77. The molecule has 27 heavy (non-hydrogen) atoms. The fraction of sp³-hybridized carbons (Fsp3) is 0.368. The molecule has 0 fully saturated rings. The van der Waals surface area contributed by atoms with Gasteiger partial charge in [0, 0.05) is 31.0 Å². The first-order chi connectivity index (χ1) is 12.9. The summed E-state index contributed by atoms with van der Waals surface area (Å²) < 4.78 is 45.6. The van der Waals surface area contributed by atoms with Gasteiger partial charge in [0.1, 0.15) is 5.76 Å². The van der Waals surface area contributed by atoms with Gasteiger partial charge in [-0.1, -0.05) is 6.92 Å². The summed E-state index contributed by atoms with van der Waals surface area (Å²) in [6.07, 6.45) is -0.696. The third-order valence-corrected chi connectivity index (χ3v) is 4.38. The molecular formula is C19H21F3N4O. The monoisotopic (exact) mass is 378 g/mol. The molecule has 2 heterocycles. The number of likely N-dealkylation sites (N-methyl/N-ethyl adjacent to an activating group) is 1. The summed E-state index contributed by atoms with van der Waals surface area (Å²) >= 11 is 0. The number of alkyl halides is 3. The summed E-state index contributed by atoms with van der Waals surface area (Å²) in [6.45, 7) is 6.90. The molecule has 5 nitrogen and oxygen atoms in total. The van der Waals surface area contributed by atoms with E-state index in [2.05, 4.69) is 21.9 Å². The van der Waals surface area contributed by atoms with Crippen LogP contribution in [0, 0.1) is 6.92 Å². The van der Waals surface area contributed by atoms with Crippen LogP contribution in [0.3, 0.4) is 0 Å². The predicted molar refractivity (Wildman–Crippen MR) is 94.9 cm³/mol. The molecule has 0 amide bonds. The van der Waals surface area contributed by atoms with Crippen molar-refractivity contribution in [1.29, 1.82) is 0 Å². The number of halogens is 3. The second kappa shape index (κ2) is 7.96. The van der Waals surface area contributed by atoms with Crippen molar-refractivity contribution in [1.82, 2.24) is 19.7 Å². The second-order valence-corrected chi connectivity index (χ2v) is 6.23. The van der Waals surface area contributed by atoms with Crippen molar-refractivity contribution in [2.75, 3.05) is 13.1 Å². The molecule has 144 valence electrons. The van der Waals surface area contributed by atoms with Gasteiger partial charge in [0.15, 0.2) is 0 Å². The summed E-state index contributed by atoms with van der Waals surface area (Å²) in [7, 11) is 0. The number of hydrogen-bond donors (Lipinski definition) is 0. The molecule has 0 aliphatic heterocycles. The zero-order chi connectivity index (χ0) is 19.4. The van der Waals surface area contributed by atoms with Crippen LogP contribution in [0.4, 0.5) is 13.2 Å². The molecule has 0 saturated heterocycles. The molecule has 2 aromatic heterocycles. The first-order valence-corrected chi connectivity index (χ1v) is 8.70. The largest absolute Gasteiger partial charge is 0.441 e. The Morgan fingerprint density at radius 3 is 2.52 bits per heavy atom. The van der Waals surface area contributed by atoms with Gasteiger partial charge in [-0.15, -0.1) is 0 Å². The number of rotatable bonds is 7. The maximum atomic E-state index is 12.7. The van der Waals surface area contributed by atoms with E-state index in [1.54, 1.807) is 6.20 Å². The Bertz CT molecular complexity index is 854. The molecule has 0 saturated carbocycles. The lowest BCUT2D eigenvalue weighted by Crippen LogP contribution is -2.27. The zero-order valence-electron chi connectivity index (χ0n) is 15.2. The number of hydrogen-bond acceptors (Lipinski definition) is 4. The molecule has 0 spiro atoms. The molecule has 0 aliphatic carbocycles. The average Bonchev–Trinajstić information content (AvgIpc) is 3.28. The minimum Gasteiger partial charge on any atom is -0.441 e. The van der Waals surface area contributed by atoms with Crippen LogP contribution < -0.4 is 0 Å². The van der Waals surface area contributed by atoms with Crippen LogP contribution in [0.5, 0.6) is 0 Å². The molecule has 1 aromatic carbocycles. The topological polar surface area (TPSA) is 47.1 Å². The Morgan fingerprint density at radius 1 is 1.19 bits per heavy atom. The normalized spacial score (nSPS) is 12.1. The standard InChI is InChI=1S/C19H21F3N4O/c1-3-25(11-12-26-10-4-9-23-26)13-17-14(2)27-18(24-17)15-5-7-16(8-6-15)19(20,21)22/h4-10H,3,11-13H2,1-2H3. The highest BCUT2D eigenvalue weighted by atomic mass is 19.4. The van der Waals surface area contributed by atoms with E-state index < -0.39 is 11.7 Å². The number of aryl methyl sites for hydroxylation is 1. The van der Waals surface area contributed by atoms with Crippen molar-refractivity contribution in [2.45, 2.75) is 33.1 Å². The zero-order valence-corrected chi connectivity index (χ0v) is 15.2. The first-order valence-electron chi connectivity index (χ1n) is 8.70. The SMILES string of the molecule is CCN(CCn1cccn1)Cc1nc(-c2ccc(C(F)(F)F)cc2)oc1C. The Morgan fingerprint density at radius 2 is 1.93 bits per heavy atom. The van der Waals surface area contributed by atoms with Crippen molar-refractivity contribution < 1.29 is 17.6 Å². The van der Waals surface area contributed by atoms with Gasteiger partial charge in [0.25, 0.3) is 0 Å². The molecule has 0 bridgehead atoms. The Balaban J connectivity index is 1.69. The molecular weight excluding hydrogens is 357 g/mol. The minimum atomic E-state index is -4.35. The highest BCUT2D eigenvalue weighted by molar-refractivity contribution is 5.54. The first kappa shape index (κ1) is 19.2. The summed E-state index contributed by atoms with van der Waals surface area (Å²) in [6, 6.07) is 6.72. The van der Waals surface area contributed by atoms with E-state index in [0.717, 1.165) is 37.5 Å².